The number of hydrogen-bond acceptors (Lipinski definition) is 5. The molecule has 1 aromatic carbocycles. The predicted octanol–water partition coefficient (Wildman–Crippen LogP) is 4.43. The van der Waals surface area contributed by atoms with Crippen LogP contribution >= 0.6 is 11.3 Å². The average Bonchev–Trinajstić information content (AvgIpc) is 3.32. The molecule has 142 valence electrons. The lowest BCUT2D eigenvalue weighted by atomic mass is 10.1. The number of ketones is 1. The number of hydrogen-bond donors (Lipinski definition) is 0. The maximum atomic E-state index is 14.1. The van der Waals surface area contributed by atoms with Gasteiger partial charge in [-0.25, -0.2) is 9.37 Å². The molecular weight excluding hydrogens is 379 g/mol. The van der Waals surface area contributed by atoms with E-state index in [0.717, 1.165) is 0 Å². The summed E-state index contributed by atoms with van der Waals surface area (Å²) in [5, 5.41) is 2.29. The van der Waals surface area contributed by atoms with Crippen LogP contribution in [-0.2, 0) is 17.8 Å². The van der Waals surface area contributed by atoms with Crippen molar-refractivity contribution in [1.29, 1.82) is 0 Å². The van der Waals surface area contributed by atoms with Crippen LogP contribution in [0.15, 0.2) is 57.3 Å². The zero-order valence-electron chi connectivity index (χ0n) is 15.1. The van der Waals surface area contributed by atoms with E-state index < -0.39 is 0 Å². The van der Waals surface area contributed by atoms with E-state index in [0.29, 0.717) is 32.9 Å². The van der Waals surface area contributed by atoms with Crippen molar-refractivity contribution in [3.05, 3.63) is 75.6 Å². The molecule has 0 bridgehead atoms. The Bertz CT molecular complexity index is 1210. The number of thiophene rings is 1. The summed E-state index contributed by atoms with van der Waals surface area (Å²) in [6, 6.07) is 9.96. The first-order chi connectivity index (χ1) is 13.5. The molecule has 0 aliphatic rings. The Hall–Kier alpha value is -3.06. The smallest absolute Gasteiger partial charge is 0.263 e. The number of carbonyl (C=O) groups excluding carboxylic acids is 1. The molecular formula is C21H17FN2O3S. The molecule has 0 saturated heterocycles. The van der Waals surface area contributed by atoms with E-state index in [9.17, 15) is 14.0 Å². The molecule has 7 heteroatoms. The van der Waals surface area contributed by atoms with Gasteiger partial charge in [-0.1, -0.05) is 18.2 Å². The normalized spacial score (nSPS) is 11.2. The minimum absolute atomic E-state index is 0.0274. The van der Waals surface area contributed by atoms with Crippen molar-refractivity contribution in [2.24, 2.45) is 0 Å². The number of benzene rings is 1. The molecule has 5 nitrogen and oxygen atoms in total. The van der Waals surface area contributed by atoms with Crippen molar-refractivity contribution in [3.63, 3.8) is 0 Å². The first-order valence-electron chi connectivity index (χ1n) is 8.82. The van der Waals surface area contributed by atoms with Gasteiger partial charge >= 0.3 is 0 Å². The van der Waals surface area contributed by atoms with Gasteiger partial charge in [0.05, 0.1) is 11.6 Å². The molecule has 0 saturated carbocycles. The molecule has 4 aromatic rings. The summed E-state index contributed by atoms with van der Waals surface area (Å²) >= 11 is 1.34. The van der Waals surface area contributed by atoms with Crippen LogP contribution in [0, 0.1) is 5.82 Å². The summed E-state index contributed by atoms with van der Waals surface area (Å²) in [7, 11) is 0. The number of halogens is 1. The van der Waals surface area contributed by atoms with Crippen molar-refractivity contribution >= 4 is 27.3 Å². The predicted molar refractivity (Wildman–Crippen MR) is 106 cm³/mol. The number of rotatable bonds is 6. The highest BCUT2D eigenvalue weighted by molar-refractivity contribution is 7.17. The van der Waals surface area contributed by atoms with Crippen molar-refractivity contribution < 1.29 is 13.6 Å². The summed E-state index contributed by atoms with van der Waals surface area (Å²) in [5.74, 6) is 0.652. The van der Waals surface area contributed by atoms with Gasteiger partial charge in [0, 0.05) is 30.3 Å². The van der Waals surface area contributed by atoms with Crippen LogP contribution in [0.5, 0.6) is 0 Å². The number of fused-ring (bicyclic) bond motifs is 1. The highest BCUT2D eigenvalue weighted by Crippen LogP contribution is 2.31. The molecule has 28 heavy (non-hydrogen) atoms. The van der Waals surface area contributed by atoms with E-state index in [1.807, 2.05) is 5.38 Å². The molecule has 0 radical (unpaired) electrons. The Labute approximate surface area is 164 Å². The van der Waals surface area contributed by atoms with E-state index in [-0.39, 0.29) is 36.5 Å². The Morgan fingerprint density at radius 1 is 1.25 bits per heavy atom. The second-order valence-electron chi connectivity index (χ2n) is 6.51. The van der Waals surface area contributed by atoms with Crippen LogP contribution in [0.4, 0.5) is 4.39 Å². The Kier molecular flexibility index (Phi) is 4.92. The summed E-state index contributed by atoms with van der Waals surface area (Å²) < 4.78 is 21.1. The maximum absolute atomic E-state index is 14.1. The summed E-state index contributed by atoms with van der Waals surface area (Å²) in [6.07, 6.45) is 1.93. The van der Waals surface area contributed by atoms with E-state index in [1.54, 1.807) is 36.6 Å². The van der Waals surface area contributed by atoms with Gasteiger partial charge in [-0.2, -0.15) is 0 Å². The first kappa shape index (κ1) is 18.3. The van der Waals surface area contributed by atoms with Crippen molar-refractivity contribution in [2.75, 3.05) is 0 Å². The van der Waals surface area contributed by atoms with Crippen LogP contribution in [-0.4, -0.2) is 15.3 Å². The van der Waals surface area contributed by atoms with E-state index in [1.165, 1.54) is 28.9 Å². The highest BCUT2D eigenvalue weighted by atomic mass is 32.1. The van der Waals surface area contributed by atoms with Crippen LogP contribution in [0.3, 0.4) is 0 Å². The number of aromatic nitrogens is 2. The Morgan fingerprint density at radius 2 is 2.07 bits per heavy atom. The van der Waals surface area contributed by atoms with Gasteiger partial charge in [-0.15, -0.1) is 11.3 Å². The standard InChI is InChI=1S/C21H17FN2O3S/c1-13(25)8-9-24-18(11-14-5-2-3-6-16(14)22)23-20-19(21(24)26)15(12-28-20)17-7-4-10-27-17/h2-7,10,12H,8-9,11H2,1H3. The second kappa shape index (κ2) is 7.52. The summed E-state index contributed by atoms with van der Waals surface area (Å²) in [5.41, 5.74) is 0.884. The lowest BCUT2D eigenvalue weighted by molar-refractivity contribution is -0.117. The number of furan rings is 1. The van der Waals surface area contributed by atoms with Gasteiger partial charge < -0.3 is 4.42 Å². The van der Waals surface area contributed by atoms with E-state index in [2.05, 4.69) is 4.98 Å². The molecule has 0 aliphatic heterocycles. The van der Waals surface area contributed by atoms with Crippen LogP contribution in [0.1, 0.15) is 24.7 Å². The molecule has 0 aliphatic carbocycles. The molecule has 0 N–H and O–H groups in total. The van der Waals surface area contributed by atoms with Gasteiger partial charge in [-0.3, -0.25) is 14.2 Å². The zero-order chi connectivity index (χ0) is 19.7. The quantitative estimate of drug-likeness (QED) is 0.484. The molecule has 0 amide bonds. The topological polar surface area (TPSA) is 65.1 Å². The Balaban J connectivity index is 1.88. The van der Waals surface area contributed by atoms with Crippen molar-refractivity contribution in [1.82, 2.24) is 9.55 Å². The SMILES string of the molecule is CC(=O)CCn1c(Cc2ccccc2F)nc2scc(-c3ccco3)c2c1=O. The molecule has 0 spiro atoms. The minimum atomic E-state index is -0.350. The van der Waals surface area contributed by atoms with Crippen LogP contribution in [0.2, 0.25) is 0 Å². The van der Waals surface area contributed by atoms with Gasteiger partial charge in [0.2, 0.25) is 0 Å². The third-order valence-electron chi connectivity index (χ3n) is 4.55. The van der Waals surface area contributed by atoms with Crippen LogP contribution < -0.4 is 5.56 Å². The van der Waals surface area contributed by atoms with Gasteiger partial charge in [0.1, 0.15) is 28.0 Å². The third-order valence-corrected chi connectivity index (χ3v) is 5.43. The van der Waals surface area contributed by atoms with Crippen LogP contribution in [0.25, 0.3) is 21.5 Å². The number of Topliss-reactive ketones (excluding diaryl/α,β-unsaturated/α-hetero) is 1. The van der Waals surface area contributed by atoms with Gasteiger partial charge in [0.15, 0.2) is 0 Å². The number of carbonyl (C=O) groups is 1. The molecule has 0 atom stereocenters. The van der Waals surface area contributed by atoms with Gasteiger partial charge in [-0.05, 0) is 30.7 Å². The Morgan fingerprint density at radius 3 is 2.79 bits per heavy atom. The van der Waals surface area contributed by atoms with E-state index >= 15 is 0 Å². The molecule has 3 heterocycles. The van der Waals surface area contributed by atoms with Crippen molar-refractivity contribution in [2.45, 2.75) is 26.3 Å². The fraction of sp³-hybridized carbons (Fsp3) is 0.190. The fourth-order valence-electron chi connectivity index (χ4n) is 3.13. The van der Waals surface area contributed by atoms with E-state index in [4.69, 9.17) is 4.42 Å². The second-order valence-corrected chi connectivity index (χ2v) is 7.37. The van der Waals surface area contributed by atoms with Gasteiger partial charge in [0.25, 0.3) is 5.56 Å². The molecule has 3 aromatic heterocycles. The lowest BCUT2D eigenvalue weighted by Crippen LogP contribution is -2.26. The lowest BCUT2D eigenvalue weighted by Gasteiger charge is -2.12. The largest absolute Gasteiger partial charge is 0.464 e. The highest BCUT2D eigenvalue weighted by Gasteiger charge is 2.19. The molecule has 0 fully saturated rings. The molecule has 4 rings (SSSR count). The fourth-order valence-corrected chi connectivity index (χ4v) is 4.06. The monoisotopic (exact) mass is 396 g/mol. The number of nitrogens with zero attached hydrogens (tertiary/aromatic N) is 2. The maximum Gasteiger partial charge on any atom is 0.263 e. The molecule has 0 unspecified atom stereocenters. The minimum Gasteiger partial charge on any atom is -0.464 e. The first-order valence-corrected chi connectivity index (χ1v) is 9.70. The summed E-state index contributed by atoms with van der Waals surface area (Å²) in [6.45, 7) is 1.68. The summed E-state index contributed by atoms with van der Waals surface area (Å²) in [4.78, 5) is 30.0. The third kappa shape index (κ3) is 3.41. The average molecular weight is 396 g/mol. The zero-order valence-corrected chi connectivity index (χ0v) is 16.0. The van der Waals surface area contributed by atoms with Crippen molar-refractivity contribution in [3.8, 4) is 11.3 Å².